The minimum Gasteiger partial charge on any atom is -0.456 e. The average molecular weight is 359 g/mol. The van der Waals surface area contributed by atoms with Gasteiger partial charge in [-0.1, -0.05) is 51.1 Å². The molecule has 0 bridgehead atoms. The first kappa shape index (κ1) is 16.8. The molecule has 0 unspecified atom stereocenters. The van der Waals surface area contributed by atoms with Gasteiger partial charge in [-0.05, 0) is 36.0 Å². The molecule has 0 radical (unpaired) electrons. The van der Waals surface area contributed by atoms with Gasteiger partial charge in [0, 0.05) is 29.2 Å². The monoisotopic (exact) mass is 358 g/mol. The van der Waals surface area contributed by atoms with Crippen LogP contribution >= 0.6 is 0 Å². The summed E-state index contributed by atoms with van der Waals surface area (Å²) in [6.07, 6.45) is 7.09. The van der Waals surface area contributed by atoms with E-state index in [-0.39, 0.29) is 5.41 Å². The third-order valence-corrected chi connectivity index (χ3v) is 6.12. The predicted octanol–water partition coefficient (Wildman–Crippen LogP) is 3.70. The van der Waals surface area contributed by atoms with E-state index in [1.807, 2.05) is 0 Å². The lowest BCUT2D eigenvalue weighted by atomic mass is 9.81. The lowest BCUT2D eigenvalue weighted by Gasteiger charge is -2.29. The number of allylic oxidation sites excluding steroid dienone is 1. The fraction of sp³-hybridized carbons (Fsp3) is 0.400. The van der Waals surface area contributed by atoms with E-state index in [9.17, 15) is 0 Å². The van der Waals surface area contributed by atoms with Crippen LogP contribution in [0, 0.1) is 5.41 Å². The van der Waals surface area contributed by atoms with Crippen molar-refractivity contribution in [2.75, 3.05) is 13.1 Å². The highest BCUT2D eigenvalue weighted by molar-refractivity contribution is 5.80. The smallest absolute Gasteiger partial charge is 0.210 e. The molecule has 2 aromatic carbocycles. The van der Waals surface area contributed by atoms with Gasteiger partial charge in [0.05, 0.1) is 5.56 Å². The Morgan fingerprint density at radius 1 is 0.963 bits per heavy atom. The van der Waals surface area contributed by atoms with Crippen LogP contribution in [0.2, 0.25) is 0 Å². The van der Waals surface area contributed by atoms with Crippen molar-refractivity contribution in [2.45, 2.75) is 46.5 Å². The molecule has 5 rings (SSSR count). The summed E-state index contributed by atoms with van der Waals surface area (Å²) >= 11 is 0. The molecule has 0 N–H and O–H groups in total. The number of nitrogens with zero attached hydrogens (tertiary/aromatic N) is 1. The molecule has 138 valence electrons. The molecule has 2 aromatic rings. The van der Waals surface area contributed by atoms with Crippen molar-refractivity contribution in [1.29, 1.82) is 0 Å². The van der Waals surface area contributed by atoms with Crippen LogP contribution in [-0.2, 0) is 12.8 Å². The number of hydrogen-bond acceptors (Lipinski definition) is 1. The maximum atomic E-state index is 6.63. The van der Waals surface area contributed by atoms with Crippen LogP contribution in [0.1, 0.15) is 50.3 Å². The highest BCUT2D eigenvalue weighted by Gasteiger charge is 2.31. The summed E-state index contributed by atoms with van der Waals surface area (Å²) in [5.41, 5.74) is 5.59. The van der Waals surface area contributed by atoms with Crippen molar-refractivity contribution >= 4 is 11.3 Å². The molecule has 3 aliphatic rings. The number of aryl methyl sites for hydroxylation is 1. The number of fused-ring (bicyclic) bond motifs is 2. The van der Waals surface area contributed by atoms with Crippen molar-refractivity contribution in [3.63, 3.8) is 0 Å². The van der Waals surface area contributed by atoms with Gasteiger partial charge in [-0.3, -0.25) is 0 Å². The Morgan fingerprint density at radius 3 is 2.44 bits per heavy atom. The first-order valence-corrected chi connectivity index (χ1v) is 10.3. The van der Waals surface area contributed by atoms with Gasteiger partial charge in [-0.15, -0.1) is 0 Å². The Labute approximate surface area is 161 Å². The maximum absolute atomic E-state index is 6.63. The van der Waals surface area contributed by atoms with Gasteiger partial charge in [0.25, 0.3) is 0 Å². The van der Waals surface area contributed by atoms with Crippen molar-refractivity contribution in [3.8, 4) is 5.75 Å². The van der Waals surface area contributed by atoms with Crippen molar-refractivity contribution in [1.82, 2.24) is 4.58 Å². The van der Waals surface area contributed by atoms with Crippen LogP contribution in [0.5, 0.6) is 5.75 Å². The summed E-state index contributed by atoms with van der Waals surface area (Å²) in [4.78, 5) is 0. The molecule has 0 saturated carbocycles. The topological polar surface area (TPSA) is 12.2 Å². The van der Waals surface area contributed by atoms with E-state index in [0.717, 1.165) is 23.5 Å². The zero-order chi connectivity index (χ0) is 18.6. The molecular weight excluding hydrogens is 330 g/mol. The van der Waals surface area contributed by atoms with Gasteiger partial charge in [-0.2, -0.15) is 0 Å². The Hall–Kier alpha value is -2.35. The molecule has 0 atom stereocenters. The zero-order valence-electron chi connectivity index (χ0n) is 16.6. The standard InChI is InChI=1S/C25H28NO/c1-25(2,3)21-16-22(17-9-5-4-6-10-17)27-24-19-12-8-14-26-13-7-11-18(23(19)26)15-20(21)24/h4-6,9-10,15-16H,7-8,11-14H2,1-3H3/q+1. The van der Waals surface area contributed by atoms with Gasteiger partial charge in [0.2, 0.25) is 5.36 Å². The van der Waals surface area contributed by atoms with Crippen LogP contribution in [0.15, 0.2) is 42.5 Å². The summed E-state index contributed by atoms with van der Waals surface area (Å²) in [6, 6.07) is 13.0. The average Bonchev–Trinajstić information content (AvgIpc) is 2.68. The molecule has 0 aliphatic carbocycles. The highest BCUT2D eigenvalue weighted by Crippen LogP contribution is 2.35. The Kier molecular flexibility index (Phi) is 3.79. The Bertz CT molecular complexity index is 1060. The van der Waals surface area contributed by atoms with Crippen molar-refractivity contribution < 1.29 is 4.74 Å². The second kappa shape index (κ2) is 6.09. The number of hydrogen-bond donors (Lipinski definition) is 0. The molecule has 0 spiro atoms. The van der Waals surface area contributed by atoms with Crippen LogP contribution < -0.4 is 19.9 Å². The molecule has 0 aromatic heterocycles. The zero-order valence-corrected chi connectivity index (χ0v) is 16.6. The SMILES string of the molecule is CC(C)(C)C1=c2cc3c4c(c2OC(c2ccccc2)=C1)CCC[N+]=4CCC3. The highest BCUT2D eigenvalue weighted by atomic mass is 16.5. The Balaban J connectivity index is 1.85. The van der Waals surface area contributed by atoms with E-state index in [1.165, 1.54) is 59.6 Å². The third kappa shape index (κ3) is 2.74. The lowest BCUT2D eigenvalue weighted by molar-refractivity contribution is 0.449. The number of ether oxygens (including phenoxy) is 1. The molecule has 0 fully saturated rings. The largest absolute Gasteiger partial charge is 0.456 e. The van der Waals surface area contributed by atoms with Crippen molar-refractivity contribution in [3.05, 3.63) is 69.7 Å². The maximum Gasteiger partial charge on any atom is 0.210 e. The second-order valence-electron chi connectivity index (χ2n) is 9.07. The van der Waals surface area contributed by atoms with Crippen LogP contribution in [0.3, 0.4) is 0 Å². The van der Waals surface area contributed by atoms with E-state index >= 15 is 0 Å². The van der Waals surface area contributed by atoms with Gasteiger partial charge in [-0.25, -0.2) is 4.58 Å². The fourth-order valence-corrected chi connectivity index (χ4v) is 4.86. The lowest BCUT2D eigenvalue weighted by Crippen LogP contribution is -2.45. The van der Waals surface area contributed by atoms with Gasteiger partial charge >= 0.3 is 0 Å². The number of benzene rings is 2. The first-order chi connectivity index (χ1) is 13.0. The fourth-order valence-electron chi connectivity index (χ4n) is 4.86. The minimum absolute atomic E-state index is 0.0720. The van der Waals surface area contributed by atoms with E-state index < -0.39 is 0 Å². The quantitative estimate of drug-likeness (QED) is 0.708. The minimum atomic E-state index is 0.0720. The normalized spacial score (nSPS) is 18.4. The summed E-state index contributed by atoms with van der Waals surface area (Å²) in [7, 11) is 0. The van der Waals surface area contributed by atoms with E-state index in [1.54, 1.807) is 0 Å². The molecule has 2 heteroatoms. The molecule has 0 amide bonds. The van der Waals surface area contributed by atoms with E-state index in [4.69, 9.17) is 4.74 Å². The molecule has 3 aliphatic heterocycles. The summed E-state index contributed by atoms with van der Waals surface area (Å²) in [5.74, 6) is 2.10. The summed E-state index contributed by atoms with van der Waals surface area (Å²) in [6.45, 7) is 9.32. The van der Waals surface area contributed by atoms with E-state index in [0.29, 0.717) is 0 Å². The van der Waals surface area contributed by atoms with Gasteiger partial charge in [0.1, 0.15) is 24.6 Å². The predicted molar refractivity (Wildman–Crippen MR) is 111 cm³/mol. The first-order valence-electron chi connectivity index (χ1n) is 10.3. The molecular formula is C25H28NO+. The van der Waals surface area contributed by atoms with E-state index in [2.05, 4.69) is 67.8 Å². The summed E-state index contributed by atoms with van der Waals surface area (Å²) < 4.78 is 9.22. The molecule has 0 saturated heterocycles. The second-order valence-corrected chi connectivity index (χ2v) is 9.07. The third-order valence-electron chi connectivity index (χ3n) is 6.12. The molecule has 3 heterocycles. The van der Waals surface area contributed by atoms with Gasteiger partial charge < -0.3 is 4.74 Å². The molecule has 27 heavy (non-hydrogen) atoms. The number of rotatable bonds is 1. The van der Waals surface area contributed by atoms with Crippen molar-refractivity contribution in [2.24, 2.45) is 5.41 Å². The van der Waals surface area contributed by atoms with Crippen LogP contribution in [0.4, 0.5) is 0 Å². The van der Waals surface area contributed by atoms with Crippen LogP contribution in [-0.4, -0.2) is 13.1 Å². The summed E-state index contributed by atoms with van der Waals surface area (Å²) in [5, 5.41) is 2.80. The van der Waals surface area contributed by atoms with Crippen LogP contribution in [0.25, 0.3) is 11.3 Å². The molecule has 2 nitrogen and oxygen atoms in total. The van der Waals surface area contributed by atoms with Gasteiger partial charge in [0.15, 0.2) is 0 Å². The Morgan fingerprint density at radius 2 is 1.70 bits per heavy atom.